The number of piperidine rings is 1. The molecule has 28 heavy (non-hydrogen) atoms. The summed E-state index contributed by atoms with van der Waals surface area (Å²) in [6, 6.07) is 4.90. The van der Waals surface area contributed by atoms with Gasteiger partial charge in [0.05, 0.1) is 0 Å². The van der Waals surface area contributed by atoms with Gasteiger partial charge in [0.1, 0.15) is 11.5 Å². The van der Waals surface area contributed by atoms with Crippen LogP contribution in [0.15, 0.2) is 30.6 Å². The molecule has 0 aliphatic carbocycles. The molecule has 1 aliphatic rings. The molecule has 0 radical (unpaired) electrons. The lowest BCUT2D eigenvalue weighted by molar-refractivity contribution is -0.141. The molecule has 3 aromatic heterocycles. The number of hydrogen-bond acceptors (Lipinski definition) is 3. The number of fused-ring (bicyclic) bond motifs is 1. The zero-order valence-electron chi connectivity index (χ0n) is 14.9. The molecule has 1 fully saturated rings. The largest absolute Gasteiger partial charge is 0.434 e. The Kier molecular flexibility index (Phi) is 4.35. The fourth-order valence-corrected chi connectivity index (χ4v) is 3.62. The topological polar surface area (TPSA) is 55.4 Å². The van der Waals surface area contributed by atoms with Gasteiger partial charge in [-0.3, -0.25) is 9.20 Å². The molecule has 0 saturated carbocycles. The monoisotopic (exact) mass is 395 g/mol. The number of carbonyl (C=O) groups is 1. The highest BCUT2D eigenvalue weighted by molar-refractivity contribution is 5.93. The van der Waals surface area contributed by atoms with Gasteiger partial charge in [0, 0.05) is 38.4 Å². The quantitative estimate of drug-likeness (QED) is 0.626. The maximum Gasteiger partial charge on any atom is 0.434 e. The Balaban J connectivity index is 1.59. The van der Waals surface area contributed by atoms with E-state index in [0.29, 0.717) is 25.0 Å². The minimum absolute atomic E-state index is 0.161. The molecule has 4 heterocycles. The van der Waals surface area contributed by atoms with Gasteiger partial charge < -0.3 is 9.47 Å². The van der Waals surface area contributed by atoms with Crippen molar-refractivity contribution in [3.8, 4) is 0 Å². The van der Waals surface area contributed by atoms with E-state index in [2.05, 4.69) is 9.97 Å². The third-order valence-electron chi connectivity index (χ3n) is 4.95. The highest BCUT2D eigenvalue weighted by Gasteiger charge is 2.37. The van der Waals surface area contributed by atoms with Crippen LogP contribution in [0.25, 0.3) is 5.65 Å². The summed E-state index contributed by atoms with van der Waals surface area (Å²) in [4.78, 5) is 22.0. The van der Waals surface area contributed by atoms with Crippen LogP contribution in [0.3, 0.4) is 0 Å². The predicted molar refractivity (Wildman–Crippen MR) is 91.2 cm³/mol. The highest BCUT2D eigenvalue weighted by Crippen LogP contribution is 2.32. The molecular formula is C18H17F4N5O. The minimum Gasteiger partial charge on any atom is -0.337 e. The smallest absolute Gasteiger partial charge is 0.337 e. The minimum atomic E-state index is -4.53. The summed E-state index contributed by atoms with van der Waals surface area (Å²) in [5.41, 5.74) is -0.932. The Bertz CT molecular complexity index is 1040. The fraction of sp³-hybridized carbons (Fsp3) is 0.389. The number of hydrogen-bond donors (Lipinski definition) is 0. The van der Waals surface area contributed by atoms with Crippen molar-refractivity contribution >= 4 is 11.6 Å². The Labute approximate surface area is 157 Å². The van der Waals surface area contributed by atoms with E-state index in [1.165, 1.54) is 27.1 Å². The number of pyridine rings is 1. The third-order valence-corrected chi connectivity index (χ3v) is 4.95. The van der Waals surface area contributed by atoms with Crippen LogP contribution in [0.5, 0.6) is 0 Å². The lowest BCUT2D eigenvalue weighted by Crippen LogP contribution is -2.40. The second kappa shape index (κ2) is 6.61. The van der Waals surface area contributed by atoms with Gasteiger partial charge in [0.15, 0.2) is 11.4 Å². The van der Waals surface area contributed by atoms with Gasteiger partial charge in [0.2, 0.25) is 5.95 Å². The average Bonchev–Trinajstić information content (AvgIpc) is 3.22. The number of halogens is 4. The van der Waals surface area contributed by atoms with Crippen LogP contribution in [0.4, 0.5) is 17.6 Å². The Hall–Kier alpha value is -2.91. The second-order valence-electron chi connectivity index (χ2n) is 6.86. The van der Waals surface area contributed by atoms with E-state index >= 15 is 0 Å². The highest BCUT2D eigenvalue weighted by atomic mass is 19.4. The first-order chi connectivity index (χ1) is 13.3. The number of aromatic nitrogens is 4. The second-order valence-corrected chi connectivity index (χ2v) is 6.86. The molecule has 1 saturated heterocycles. The third kappa shape index (κ3) is 3.12. The van der Waals surface area contributed by atoms with Gasteiger partial charge in [0.25, 0.3) is 5.91 Å². The lowest BCUT2D eigenvalue weighted by Gasteiger charge is -2.32. The molecule has 1 unspecified atom stereocenters. The molecule has 0 bridgehead atoms. The number of imidazole rings is 2. The lowest BCUT2D eigenvalue weighted by atomic mass is 9.97. The molecule has 10 heteroatoms. The van der Waals surface area contributed by atoms with Crippen LogP contribution in [-0.2, 0) is 13.2 Å². The molecule has 0 aromatic carbocycles. The predicted octanol–water partition coefficient (Wildman–Crippen LogP) is 3.25. The zero-order chi connectivity index (χ0) is 20.1. The molecule has 6 nitrogen and oxygen atoms in total. The van der Waals surface area contributed by atoms with Crippen LogP contribution in [-0.4, -0.2) is 42.8 Å². The molecule has 1 amide bonds. The molecular weight excluding hydrogens is 378 g/mol. The van der Waals surface area contributed by atoms with Gasteiger partial charge >= 0.3 is 6.18 Å². The first-order valence-corrected chi connectivity index (χ1v) is 8.78. The maximum atomic E-state index is 14.6. The molecule has 0 spiro atoms. The Morgan fingerprint density at radius 2 is 2.04 bits per heavy atom. The standard InChI is InChI=1S/C18H17F4N5O/c1-25-10-12(18(20,21)22)23-16(25)11-5-4-7-26(9-11)17(28)14-15(19)27-8-3-2-6-13(27)24-14/h2-3,6,8,10-11H,4-5,7,9H2,1H3. The summed E-state index contributed by atoms with van der Waals surface area (Å²) in [5, 5.41) is 0. The van der Waals surface area contributed by atoms with Gasteiger partial charge in [-0.1, -0.05) is 6.07 Å². The summed E-state index contributed by atoms with van der Waals surface area (Å²) >= 11 is 0. The number of likely N-dealkylation sites (tertiary alicyclic amines) is 1. The number of aryl methyl sites for hydroxylation is 1. The molecule has 1 atom stereocenters. The van der Waals surface area contributed by atoms with E-state index in [9.17, 15) is 22.4 Å². The first-order valence-electron chi connectivity index (χ1n) is 8.78. The van der Waals surface area contributed by atoms with Crippen LogP contribution in [0.2, 0.25) is 0 Å². The van der Waals surface area contributed by atoms with E-state index < -0.39 is 23.7 Å². The van der Waals surface area contributed by atoms with Crippen molar-refractivity contribution < 1.29 is 22.4 Å². The van der Waals surface area contributed by atoms with Gasteiger partial charge in [-0.15, -0.1) is 0 Å². The molecule has 1 aliphatic heterocycles. The van der Waals surface area contributed by atoms with Crippen molar-refractivity contribution in [3.63, 3.8) is 0 Å². The molecule has 3 aromatic rings. The van der Waals surface area contributed by atoms with Crippen LogP contribution in [0.1, 0.15) is 40.8 Å². The van der Waals surface area contributed by atoms with Crippen molar-refractivity contribution in [2.45, 2.75) is 24.9 Å². The summed E-state index contributed by atoms with van der Waals surface area (Å²) in [6.07, 6.45) is -0.934. The van der Waals surface area contributed by atoms with Crippen LogP contribution < -0.4 is 0 Å². The number of alkyl halides is 3. The number of carbonyl (C=O) groups excluding carboxylic acids is 1. The van der Waals surface area contributed by atoms with Crippen molar-refractivity contribution in [1.29, 1.82) is 0 Å². The SMILES string of the molecule is Cn1cc(C(F)(F)F)nc1C1CCCN(C(=O)c2nc3ccccn3c2F)C1. The van der Waals surface area contributed by atoms with E-state index in [1.807, 2.05) is 0 Å². The van der Waals surface area contributed by atoms with Crippen molar-refractivity contribution in [2.75, 3.05) is 13.1 Å². The summed E-state index contributed by atoms with van der Waals surface area (Å²) in [7, 11) is 1.50. The Morgan fingerprint density at radius 1 is 1.25 bits per heavy atom. The molecule has 148 valence electrons. The number of nitrogens with zero attached hydrogens (tertiary/aromatic N) is 5. The van der Waals surface area contributed by atoms with Crippen LogP contribution >= 0.6 is 0 Å². The average molecular weight is 395 g/mol. The van der Waals surface area contributed by atoms with Crippen LogP contribution in [0, 0.1) is 5.95 Å². The van der Waals surface area contributed by atoms with Crippen molar-refractivity contribution in [3.05, 3.63) is 53.8 Å². The van der Waals surface area contributed by atoms with E-state index in [0.717, 1.165) is 6.20 Å². The van der Waals surface area contributed by atoms with E-state index in [1.54, 1.807) is 18.2 Å². The number of amides is 1. The number of rotatable bonds is 2. The molecule has 0 N–H and O–H groups in total. The van der Waals surface area contributed by atoms with Gasteiger partial charge in [-0.25, -0.2) is 9.97 Å². The van der Waals surface area contributed by atoms with Gasteiger partial charge in [-0.2, -0.15) is 17.6 Å². The Morgan fingerprint density at radius 3 is 2.71 bits per heavy atom. The summed E-state index contributed by atoms with van der Waals surface area (Å²) in [5.74, 6) is -1.42. The summed E-state index contributed by atoms with van der Waals surface area (Å²) in [6.45, 7) is 0.549. The van der Waals surface area contributed by atoms with E-state index in [-0.39, 0.29) is 24.0 Å². The van der Waals surface area contributed by atoms with E-state index in [4.69, 9.17) is 0 Å². The zero-order valence-corrected chi connectivity index (χ0v) is 14.9. The normalized spacial score (nSPS) is 18.0. The van der Waals surface area contributed by atoms with Crippen molar-refractivity contribution in [1.82, 2.24) is 23.8 Å². The van der Waals surface area contributed by atoms with Crippen molar-refractivity contribution in [2.24, 2.45) is 7.05 Å². The first kappa shape index (κ1) is 18.5. The fourth-order valence-electron chi connectivity index (χ4n) is 3.62. The molecule has 4 rings (SSSR count). The maximum absolute atomic E-state index is 14.6. The summed E-state index contributed by atoms with van der Waals surface area (Å²) < 4.78 is 55.9. The van der Waals surface area contributed by atoms with Gasteiger partial charge in [-0.05, 0) is 25.0 Å².